The molecule has 0 radical (unpaired) electrons. The van der Waals surface area contributed by atoms with Gasteiger partial charge in [0.15, 0.2) is 0 Å². The molecule has 2 aromatic carbocycles. The van der Waals surface area contributed by atoms with E-state index in [4.69, 9.17) is 0 Å². The van der Waals surface area contributed by atoms with Crippen LogP contribution in [0.3, 0.4) is 0 Å². The van der Waals surface area contributed by atoms with Gasteiger partial charge in [0.25, 0.3) is 0 Å². The van der Waals surface area contributed by atoms with Gasteiger partial charge in [0.05, 0.1) is 5.56 Å². The first-order valence-corrected chi connectivity index (χ1v) is 8.83. The van der Waals surface area contributed by atoms with E-state index in [2.05, 4.69) is 29.6 Å². The molecule has 2 aromatic rings. The summed E-state index contributed by atoms with van der Waals surface area (Å²) in [4.78, 5) is 23.6. The first kappa shape index (κ1) is 15.9. The molecule has 1 saturated carbocycles. The summed E-state index contributed by atoms with van der Waals surface area (Å²) in [5.74, 6) is 0.0864. The molecule has 1 fully saturated rings. The smallest absolute Gasteiger partial charge is 0.335 e. The molecule has 128 valence electrons. The van der Waals surface area contributed by atoms with Crippen molar-refractivity contribution in [3.05, 3.63) is 70.8 Å². The second-order valence-electron chi connectivity index (χ2n) is 6.98. The highest BCUT2D eigenvalue weighted by Gasteiger charge is 2.53. The standard InChI is InChI=1S/C21H21NO3/c23-18(12-10-14-6-2-4-8-16(14)21(24)25)22-20-17-11-9-13-5-1-3-7-15(13)19(17)20/h1-8,17,19-20H,9-12H2,(H,22,23)(H,24,25). The molecular weight excluding hydrogens is 314 g/mol. The van der Waals surface area contributed by atoms with Gasteiger partial charge in [-0.15, -0.1) is 0 Å². The summed E-state index contributed by atoms with van der Waals surface area (Å²) in [5.41, 5.74) is 3.80. The average Bonchev–Trinajstić information content (AvgIpc) is 3.33. The second kappa shape index (κ2) is 6.36. The van der Waals surface area contributed by atoms with E-state index in [9.17, 15) is 14.7 Å². The van der Waals surface area contributed by atoms with Crippen LogP contribution < -0.4 is 5.32 Å². The minimum absolute atomic E-state index is 0.0112. The van der Waals surface area contributed by atoms with Gasteiger partial charge >= 0.3 is 5.97 Å². The summed E-state index contributed by atoms with van der Waals surface area (Å²) in [6, 6.07) is 15.6. The lowest BCUT2D eigenvalue weighted by molar-refractivity contribution is -0.121. The lowest BCUT2D eigenvalue weighted by atomic mass is 9.92. The fourth-order valence-corrected chi connectivity index (χ4v) is 4.22. The van der Waals surface area contributed by atoms with E-state index in [1.165, 1.54) is 11.1 Å². The molecule has 2 N–H and O–H groups in total. The van der Waals surface area contributed by atoms with Gasteiger partial charge in [-0.25, -0.2) is 4.79 Å². The summed E-state index contributed by atoms with van der Waals surface area (Å²) >= 11 is 0. The number of carboxylic acid groups (broad SMARTS) is 1. The molecule has 0 bridgehead atoms. The molecular formula is C21H21NO3. The highest BCUT2D eigenvalue weighted by atomic mass is 16.4. The van der Waals surface area contributed by atoms with E-state index in [0.29, 0.717) is 30.2 Å². The van der Waals surface area contributed by atoms with E-state index < -0.39 is 5.97 Å². The zero-order valence-electron chi connectivity index (χ0n) is 13.9. The predicted octanol–water partition coefficient (Wildman–Crippen LogP) is 3.16. The zero-order chi connectivity index (χ0) is 17.4. The van der Waals surface area contributed by atoms with Gasteiger partial charge < -0.3 is 10.4 Å². The van der Waals surface area contributed by atoms with Crippen molar-refractivity contribution in [3.8, 4) is 0 Å². The third-order valence-electron chi connectivity index (χ3n) is 5.53. The summed E-state index contributed by atoms with van der Waals surface area (Å²) in [7, 11) is 0. The molecule has 0 aromatic heterocycles. The highest BCUT2D eigenvalue weighted by Crippen LogP contribution is 2.54. The van der Waals surface area contributed by atoms with Crippen molar-refractivity contribution >= 4 is 11.9 Å². The fourth-order valence-electron chi connectivity index (χ4n) is 4.22. The van der Waals surface area contributed by atoms with Crippen LogP contribution in [0.4, 0.5) is 0 Å². The summed E-state index contributed by atoms with van der Waals surface area (Å²) in [5, 5.41) is 12.4. The first-order chi connectivity index (χ1) is 12.1. The Morgan fingerprint density at radius 3 is 2.68 bits per heavy atom. The Balaban J connectivity index is 1.36. The van der Waals surface area contributed by atoms with Crippen LogP contribution in [0.15, 0.2) is 48.5 Å². The molecule has 2 aliphatic carbocycles. The number of amides is 1. The van der Waals surface area contributed by atoms with Crippen molar-refractivity contribution in [2.24, 2.45) is 5.92 Å². The number of aryl methyl sites for hydroxylation is 2. The quantitative estimate of drug-likeness (QED) is 0.882. The van der Waals surface area contributed by atoms with Crippen molar-refractivity contribution in [1.82, 2.24) is 5.32 Å². The number of nitrogens with one attached hydrogen (secondary N) is 1. The number of hydrogen-bond donors (Lipinski definition) is 2. The number of carboxylic acids is 1. The van der Waals surface area contributed by atoms with E-state index in [0.717, 1.165) is 12.8 Å². The first-order valence-electron chi connectivity index (χ1n) is 8.83. The van der Waals surface area contributed by atoms with Crippen molar-refractivity contribution in [3.63, 3.8) is 0 Å². The van der Waals surface area contributed by atoms with Gasteiger partial charge in [0.1, 0.15) is 0 Å². The lowest BCUT2D eigenvalue weighted by Gasteiger charge is -2.13. The van der Waals surface area contributed by atoms with E-state index in [1.807, 2.05) is 6.07 Å². The molecule has 0 aliphatic heterocycles. The summed E-state index contributed by atoms with van der Waals surface area (Å²) in [6.07, 6.45) is 3.00. The normalized spacial score (nSPS) is 23.3. The summed E-state index contributed by atoms with van der Waals surface area (Å²) < 4.78 is 0. The third kappa shape index (κ3) is 3.04. The Kier molecular flexibility index (Phi) is 4.04. The zero-order valence-corrected chi connectivity index (χ0v) is 13.9. The molecule has 3 unspecified atom stereocenters. The van der Waals surface area contributed by atoms with Gasteiger partial charge in [-0.3, -0.25) is 4.79 Å². The molecule has 0 spiro atoms. The van der Waals surface area contributed by atoms with Gasteiger partial charge in [0.2, 0.25) is 5.91 Å². The SMILES string of the molecule is O=C(CCc1ccccc1C(=O)O)NC1C2CCc3ccccc3C21. The van der Waals surface area contributed by atoms with Crippen molar-refractivity contribution in [2.75, 3.05) is 0 Å². The molecule has 3 atom stereocenters. The maximum Gasteiger partial charge on any atom is 0.335 e. The van der Waals surface area contributed by atoms with Gasteiger partial charge in [-0.05, 0) is 47.9 Å². The van der Waals surface area contributed by atoms with Crippen LogP contribution >= 0.6 is 0 Å². The molecule has 2 aliphatic rings. The Bertz CT molecular complexity index is 829. The molecule has 0 saturated heterocycles. The Hall–Kier alpha value is -2.62. The number of carbonyl (C=O) groups is 2. The van der Waals surface area contributed by atoms with Gasteiger partial charge in [-0.1, -0.05) is 42.5 Å². The number of aromatic carboxylic acids is 1. The maximum absolute atomic E-state index is 12.3. The van der Waals surface area contributed by atoms with Crippen molar-refractivity contribution < 1.29 is 14.7 Å². The van der Waals surface area contributed by atoms with Crippen molar-refractivity contribution in [2.45, 2.75) is 37.6 Å². The van der Waals surface area contributed by atoms with E-state index in [-0.39, 0.29) is 17.5 Å². The van der Waals surface area contributed by atoms with Gasteiger partial charge in [0, 0.05) is 18.4 Å². The number of hydrogen-bond acceptors (Lipinski definition) is 2. The molecule has 4 rings (SSSR count). The number of carbonyl (C=O) groups excluding carboxylic acids is 1. The van der Waals surface area contributed by atoms with Crippen LogP contribution in [-0.2, 0) is 17.6 Å². The largest absolute Gasteiger partial charge is 0.478 e. The summed E-state index contributed by atoms with van der Waals surface area (Å²) in [6.45, 7) is 0. The van der Waals surface area contributed by atoms with Crippen LogP contribution in [0.2, 0.25) is 0 Å². The maximum atomic E-state index is 12.3. The minimum Gasteiger partial charge on any atom is -0.478 e. The molecule has 0 heterocycles. The number of fused-ring (bicyclic) bond motifs is 3. The van der Waals surface area contributed by atoms with E-state index >= 15 is 0 Å². The highest BCUT2D eigenvalue weighted by molar-refractivity contribution is 5.89. The fraction of sp³-hybridized carbons (Fsp3) is 0.333. The average molecular weight is 335 g/mol. The molecule has 25 heavy (non-hydrogen) atoms. The number of benzene rings is 2. The number of rotatable bonds is 5. The van der Waals surface area contributed by atoms with Crippen LogP contribution in [0.25, 0.3) is 0 Å². The predicted molar refractivity (Wildman–Crippen MR) is 94.6 cm³/mol. The van der Waals surface area contributed by atoms with E-state index in [1.54, 1.807) is 18.2 Å². The van der Waals surface area contributed by atoms with Crippen LogP contribution in [0.1, 0.15) is 45.8 Å². The van der Waals surface area contributed by atoms with Crippen LogP contribution in [0.5, 0.6) is 0 Å². The Labute approximate surface area is 146 Å². The van der Waals surface area contributed by atoms with Crippen molar-refractivity contribution in [1.29, 1.82) is 0 Å². The topological polar surface area (TPSA) is 66.4 Å². The Morgan fingerprint density at radius 2 is 1.84 bits per heavy atom. The molecule has 1 amide bonds. The lowest BCUT2D eigenvalue weighted by Crippen LogP contribution is -2.27. The Morgan fingerprint density at radius 1 is 1.08 bits per heavy atom. The third-order valence-corrected chi connectivity index (χ3v) is 5.53. The second-order valence-corrected chi connectivity index (χ2v) is 6.98. The van der Waals surface area contributed by atoms with Crippen LogP contribution in [0, 0.1) is 5.92 Å². The molecule has 4 heteroatoms. The monoisotopic (exact) mass is 335 g/mol. The molecule has 4 nitrogen and oxygen atoms in total. The van der Waals surface area contributed by atoms with Crippen LogP contribution in [-0.4, -0.2) is 23.0 Å². The van der Waals surface area contributed by atoms with Gasteiger partial charge in [-0.2, -0.15) is 0 Å². The minimum atomic E-state index is -0.944.